The lowest BCUT2D eigenvalue weighted by Gasteiger charge is -2.47. The quantitative estimate of drug-likeness (QED) is 0.604. The Labute approximate surface area is 170 Å². The van der Waals surface area contributed by atoms with Crippen LogP contribution in [0.1, 0.15) is 67.2 Å². The van der Waals surface area contributed by atoms with Gasteiger partial charge in [0, 0.05) is 11.0 Å². The van der Waals surface area contributed by atoms with Gasteiger partial charge in [0.1, 0.15) is 13.2 Å². The molecule has 2 rings (SSSR count). The van der Waals surface area contributed by atoms with Crippen LogP contribution in [0.15, 0.2) is 0 Å². The van der Waals surface area contributed by atoms with E-state index in [4.69, 9.17) is 20.9 Å². The zero-order chi connectivity index (χ0) is 21.8. The van der Waals surface area contributed by atoms with Crippen LogP contribution in [0.4, 0.5) is 9.59 Å². The average Bonchev–Trinajstić information content (AvgIpc) is 3.20. The monoisotopic (exact) mass is 399 g/mol. The molecule has 2 fully saturated rings. The van der Waals surface area contributed by atoms with E-state index in [9.17, 15) is 9.59 Å². The zero-order valence-electron chi connectivity index (χ0n) is 18.8. The topological polar surface area (TPSA) is 117 Å². The van der Waals surface area contributed by atoms with Crippen LogP contribution in [0.25, 0.3) is 0 Å². The Kier molecular flexibility index (Phi) is 8.18. The number of carbonyl (C=O) groups is 2. The molecule has 0 aromatic carbocycles. The van der Waals surface area contributed by atoms with Gasteiger partial charge in [0.15, 0.2) is 0 Å². The van der Waals surface area contributed by atoms with Gasteiger partial charge in [-0.2, -0.15) is 0 Å². The van der Waals surface area contributed by atoms with Crippen molar-refractivity contribution in [2.24, 2.45) is 40.1 Å². The standard InChI is InChI=1S/C11H21N.C10H20N2O4/c1-10(2)8-5-6-9(7-8)11(10,3)12-4;1-4-7(2)10(3,5-15-8(11)13)6-16-9(12)14/h8-9,12H,5-7H2,1-4H3;7H,4-6H2,1-3H3,(H2,11,13)(H2,12,14). The lowest BCUT2D eigenvalue weighted by Crippen LogP contribution is -2.55. The zero-order valence-corrected chi connectivity index (χ0v) is 18.8. The van der Waals surface area contributed by atoms with E-state index in [1.807, 2.05) is 20.8 Å². The van der Waals surface area contributed by atoms with Gasteiger partial charge in [-0.25, -0.2) is 9.59 Å². The van der Waals surface area contributed by atoms with Crippen molar-refractivity contribution in [1.29, 1.82) is 0 Å². The van der Waals surface area contributed by atoms with Crippen molar-refractivity contribution in [1.82, 2.24) is 5.32 Å². The molecule has 0 aliphatic heterocycles. The molecular formula is C21H41N3O4. The summed E-state index contributed by atoms with van der Waals surface area (Å²) < 4.78 is 9.54. The summed E-state index contributed by atoms with van der Waals surface area (Å²) in [7, 11) is 2.13. The van der Waals surface area contributed by atoms with Gasteiger partial charge in [-0.15, -0.1) is 0 Å². The van der Waals surface area contributed by atoms with Crippen LogP contribution in [-0.4, -0.2) is 38.0 Å². The van der Waals surface area contributed by atoms with Gasteiger partial charge in [0.25, 0.3) is 0 Å². The van der Waals surface area contributed by atoms with Crippen LogP contribution >= 0.6 is 0 Å². The van der Waals surface area contributed by atoms with Crippen LogP contribution in [-0.2, 0) is 9.47 Å². The maximum absolute atomic E-state index is 10.6. The first-order chi connectivity index (χ1) is 12.8. The van der Waals surface area contributed by atoms with E-state index in [1.54, 1.807) is 0 Å². The fraction of sp³-hybridized carbons (Fsp3) is 0.905. The van der Waals surface area contributed by atoms with Gasteiger partial charge in [0.2, 0.25) is 0 Å². The number of hydrogen-bond acceptors (Lipinski definition) is 5. The van der Waals surface area contributed by atoms with Crippen LogP contribution in [0.2, 0.25) is 0 Å². The number of ether oxygens (including phenoxy) is 2. The summed E-state index contributed by atoms with van der Waals surface area (Å²) in [5, 5.41) is 3.56. The summed E-state index contributed by atoms with van der Waals surface area (Å²) in [6, 6.07) is 0. The molecule has 4 atom stereocenters. The average molecular weight is 400 g/mol. The number of nitrogens with two attached hydrogens (primary N) is 2. The highest BCUT2D eigenvalue weighted by Crippen LogP contribution is 2.61. The molecule has 7 nitrogen and oxygen atoms in total. The summed E-state index contributed by atoms with van der Waals surface area (Å²) >= 11 is 0. The van der Waals surface area contributed by atoms with E-state index < -0.39 is 17.6 Å². The fourth-order valence-corrected chi connectivity index (χ4v) is 4.93. The predicted octanol–water partition coefficient (Wildman–Crippen LogP) is 3.65. The predicted molar refractivity (Wildman–Crippen MR) is 111 cm³/mol. The maximum Gasteiger partial charge on any atom is 0.404 e. The summed E-state index contributed by atoms with van der Waals surface area (Å²) in [4.78, 5) is 21.1. The Bertz CT molecular complexity index is 534. The number of nitrogens with one attached hydrogen (secondary N) is 1. The van der Waals surface area contributed by atoms with E-state index in [-0.39, 0.29) is 19.1 Å². The molecule has 0 radical (unpaired) electrons. The van der Waals surface area contributed by atoms with E-state index >= 15 is 0 Å². The third-order valence-corrected chi connectivity index (χ3v) is 8.02. The molecule has 4 unspecified atom stereocenters. The first kappa shape index (κ1) is 24.5. The smallest absolute Gasteiger partial charge is 0.404 e. The third kappa shape index (κ3) is 5.10. The molecule has 2 bridgehead atoms. The molecule has 2 aliphatic rings. The maximum atomic E-state index is 10.6. The Morgan fingerprint density at radius 2 is 1.57 bits per heavy atom. The molecule has 164 valence electrons. The first-order valence-corrected chi connectivity index (χ1v) is 10.4. The van der Waals surface area contributed by atoms with Crippen LogP contribution < -0.4 is 16.8 Å². The highest BCUT2D eigenvalue weighted by molar-refractivity contribution is 5.65. The normalized spacial score (nSPS) is 28.8. The van der Waals surface area contributed by atoms with E-state index in [2.05, 4.69) is 33.1 Å². The molecule has 0 aromatic heterocycles. The van der Waals surface area contributed by atoms with Crippen molar-refractivity contribution in [3.63, 3.8) is 0 Å². The minimum Gasteiger partial charge on any atom is -0.449 e. The van der Waals surface area contributed by atoms with Crippen LogP contribution in [0, 0.1) is 28.6 Å². The highest BCUT2D eigenvalue weighted by Gasteiger charge is 2.59. The first-order valence-electron chi connectivity index (χ1n) is 10.4. The molecular weight excluding hydrogens is 358 g/mol. The van der Waals surface area contributed by atoms with Gasteiger partial charge in [-0.1, -0.05) is 41.0 Å². The molecule has 0 saturated heterocycles. The molecule has 7 heteroatoms. The largest absolute Gasteiger partial charge is 0.449 e. The Balaban J connectivity index is 0.000000289. The van der Waals surface area contributed by atoms with Crippen LogP contribution in [0.3, 0.4) is 0 Å². The molecule has 0 spiro atoms. The molecule has 2 amide bonds. The molecule has 2 aliphatic carbocycles. The summed E-state index contributed by atoms with van der Waals surface area (Å²) in [5.74, 6) is 2.11. The number of fused-ring (bicyclic) bond motifs is 2. The number of hydrogen-bond donors (Lipinski definition) is 3. The number of amides is 2. The van der Waals surface area contributed by atoms with Gasteiger partial charge in [0.05, 0.1) is 0 Å². The lowest BCUT2D eigenvalue weighted by molar-refractivity contribution is 0.00795. The molecule has 2 saturated carbocycles. The second kappa shape index (κ2) is 9.33. The number of primary amides is 2. The minimum atomic E-state index is -0.839. The van der Waals surface area contributed by atoms with Gasteiger partial charge < -0.3 is 26.3 Å². The van der Waals surface area contributed by atoms with E-state index in [0.29, 0.717) is 11.0 Å². The van der Waals surface area contributed by atoms with Crippen molar-refractivity contribution in [3.05, 3.63) is 0 Å². The lowest BCUT2D eigenvalue weighted by atomic mass is 9.64. The van der Waals surface area contributed by atoms with E-state index in [0.717, 1.165) is 18.3 Å². The van der Waals surface area contributed by atoms with E-state index in [1.165, 1.54) is 19.3 Å². The molecule has 0 heterocycles. The van der Waals surface area contributed by atoms with Crippen molar-refractivity contribution in [2.75, 3.05) is 20.3 Å². The number of carbonyl (C=O) groups excluding carboxylic acids is 2. The summed E-state index contributed by atoms with van der Waals surface area (Å²) in [6.07, 6.45) is 3.56. The summed E-state index contributed by atoms with van der Waals surface area (Å²) in [5.41, 5.74) is 10.2. The Morgan fingerprint density at radius 1 is 1.11 bits per heavy atom. The van der Waals surface area contributed by atoms with Gasteiger partial charge in [-0.3, -0.25) is 0 Å². The van der Waals surface area contributed by atoms with Crippen molar-refractivity contribution in [2.45, 2.75) is 72.8 Å². The second-order valence-electron chi connectivity index (χ2n) is 9.56. The Hall–Kier alpha value is -1.50. The minimum absolute atomic E-state index is 0.102. The molecule has 0 aromatic rings. The van der Waals surface area contributed by atoms with Gasteiger partial charge >= 0.3 is 12.2 Å². The molecule has 28 heavy (non-hydrogen) atoms. The Morgan fingerprint density at radius 3 is 1.86 bits per heavy atom. The van der Waals surface area contributed by atoms with Crippen LogP contribution in [0.5, 0.6) is 0 Å². The fourth-order valence-electron chi connectivity index (χ4n) is 4.93. The molecule has 5 N–H and O–H groups in total. The number of rotatable bonds is 7. The SMILES string of the molecule is CCC(C)C(C)(COC(N)=O)COC(N)=O.CNC1(C)C2CCC(C2)C1(C)C. The van der Waals surface area contributed by atoms with Crippen molar-refractivity contribution >= 4 is 12.2 Å². The van der Waals surface area contributed by atoms with Crippen molar-refractivity contribution in [3.8, 4) is 0 Å². The second-order valence-corrected chi connectivity index (χ2v) is 9.56. The third-order valence-electron chi connectivity index (χ3n) is 8.02. The van der Waals surface area contributed by atoms with Gasteiger partial charge in [-0.05, 0) is 56.4 Å². The van der Waals surface area contributed by atoms with Crippen molar-refractivity contribution < 1.29 is 19.1 Å². The summed E-state index contributed by atoms with van der Waals surface area (Å²) in [6.45, 7) is 13.3. The highest BCUT2D eigenvalue weighted by atomic mass is 16.6.